The summed E-state index contributed by atoms with van der Waals surface area (Å²) in [5.41, 5.74) is 1.82. The Balaban J connectivity index is 1.94. The van der Waals surface area contributed by atoms with E-state index in [0.29, 0.717) is 12.1 Å². The second-order valence-electron chi connectivity index (χ2n) is 5.40. The molecule has 0 saturated carbocycles. The minimum atomic E-state index is -0.746. The predicted molar refractivity (Wildman–Crippen MR) is 90.3 cm³/mol. The van der Waals surface area contributed by atoms with Crippen LogP contribution in [0.1, 0.15) is 30.6 Å². The Hall–Kier alpha value is -1.55. The van der Waals surface area contributed by atoms with E-state index in [1.165, 1.54) is 11.6 Å². The summed E-state index contributed by atoms with van der Waals surface area (Å²) >= 11 is 6.03. The molecule has 0 aliphatic carbocycles. The third-order valence-corrected chi connectivity index (χ3v) is 4.20. The number of nitrogens with one attached hydrogen (secondary N) is 1. The molecule has 2 rings (SSSR count). The van der Waals surface area contributed by atoms with Crippen molar-refractivity contribution in [2.75, 3.05) is 6.54 Å². The van der Waals surface area contributed by atoms with Crippen molar-refractivity contribution in [3.8, 4) is 5.75 Å². The van der Waals surface area contributed by atoms with Crippen molar-refractivity contribution in [1.29, 1.82) is 0 Å². The molecule has 3 N–H and O–H groups in total. The van der Waals surface area contributed by atoms with E-state index in [1.807, 2.05) is 18.2 Å². The van der Waals surface area contributed by atoms with E-state index in [4.69, 9.17) is 11.6 Å². The normalized spacial score (nSPS) is 13.8. The predicted octanol–water partition coefficient (Wildman–Crippen LogP) is 3.69. The fraction of sp³-hybridized carbons (Fsp3) is 0.333. The Bertz CT molecular complexity index is 589. The van der Waals surface area contributed by atoms with Crippen LogP contribution in [0.4, 0.5) is 0 Å². The van der Waals surface area contributed by atoms with Crippen molar-refractivity contribution >= 4 is 11.6 Å². The van der Waals surface area contributed by atoms with Gasteiger partial charge in [-0.2, -0.15) is 0 Å². The maximum absolute atomic E-state index is 10.3. The van der Waals surface area contributed by atoms with Gasteiger partial charge in [0.1, 0.15) is 5.75 Å². The van der Waals surface area contributed by atoms with Crippen LogP contribution < -0.4 is 5.32 Å². The Morgan fingerprint density at radius 2 is 1.82 bits per heavy atom. The summed E-state index contributed by atoms with van der Waals surface area (Å²) in [4.78, 5) is 0. The highest BCUT2D eigenvalue weighted by Crippen LogP contribution is 2.30. The standard InChI is InChI=1S/C18H22ClNO2/c1-2-14(11-13-7-4-3-5-8-13)20-12-17(22)15-9-6-10-16(21)18(15)19/h3-10,14,17,20-22H,2,11-12H2,1H3/t14-,17+/m1/s1. The largest absolute Gasteiger partial charge is 0.506 e. The summed E-state index contributed by atoms with van der Waals surface area (Å²) < 4.78 is 0. The molecule has 2 atom stereocenters. The summed E-state index contributed by atoms with van der Waals surface area (Å²) in [6.07, 6.45) is 1.14. The lowest BCUT2D eigenvalue weighted by Crippen LogP contribution is -2.34. The van der Waals surface area contributed by atoms with Crippen LogP contribution in [0.25, 0.3) is 0 Å². The number of aromatic hydroxyl groups is 1. The maximum atomic E-state index is 10.3. The molecule has 0 saturated heterocycles. The van der Waals surface area contributed by atoms with Gasteiger partial charge in [-0.25, -0.2) is 0 Å². The van der Waals surface area contributed by atoms with Crippen LogP contribution in [0.15, 0.2) is 48.5 Å². The zero-order chi connectivity index (χ0) is 15.9. The molecule has 3 nitrogen and oxygen atoms in total. The number of benzene rings is 2. The van der Waals surface area contributed by atoms with Gasteiger partial charge in [0, 0.05) is 18.2 Å². The first-order valence-electron chi connectivity index (χ1n) is 7.54. The fourth-order valence-electron chi connectivity index (χ4n) is 2.44. The number of halogens is 1. The van der Waals surface area contributed by atoms with Gasteiger partial charge in [0.15, 0.2) is 0 Å². The summed E-state index contributed by atoms with van der Waals surface area (Å²) in [7, 11) is 0. The Morgan fingerprint density at radius 1 is 1.09 bits per heavy atom. The highest BCUT2D eigenvalue weighted by Gasteiger charge is 2.15. The molecular formula is C18H22ClNO2. The van der Waals surface area contributed by atoms with Gasteiger partial charge in [0.2, 0.25) is 0 Å². The molecule has 0 aliphatic rings. The van der Waals surface area contributed by atoms with Crippen LogP contribution in [-0.4, -0.2) is 22.8 Å². The molecule has 0 heterocycles. The van der Waals surface area contributed by atoms with Crippen LogP contribution in [0.5, 0.6) is 5.75 Å². The lowest BCUT2D eigenvalue weighted by atomic mass is 10.0. The molecular weight excluding hydrogens is 298 g/mol. The second kappa shape index (κ2) is 8.18. The van der Waals surface area contributed by atoms with E-state index < -0.39 is 6.10 Å². The lowest BCUT2D eigenvalue weighted by molar-refractivity contribution is 0.169. The second-order valence-corrected chi connectivity index (χ2v) is 5.78. The Kier molecular flexibility index (Phi) is 6.25. The molecule has 2 aromatic carbocycles. The Morgan fingerprint density at radius 3 is 2.50 bits per heavy atom. The van der Waals surface area contributed by atoms with E-state index in [-0.39, 0.29) is 16.8 Å². The van der Waals surface area contributed by atoms with Crippen LogP contribution in [0.2, 0.25) is 5.02 Å². The molecule has 2 aromatic rings. The van der Waals surface area contributed by atoms with Crippen molar-refractivity contribution in [3.63, 3.8) is 0 Å². The van der Waals surface area contributed by atoms with Gasteiger partial charge in [-0.3, -0.25) is 0 Å². The van der Waals surface area contributed by atoms with Crippen LogP contribution in [0, 0.1) is 0 Å². The molecule has 0 aromatic heterocycles. The van der Waals surface area contributed by atoms with Crippen LogP contribution in [0.3, 0.4) is 0 Å². The van der Waals surface area contributed by atoms with Crippen molar-refractivity contribution < 1.29 is 10.2 Å². The first-order chi connectivity index (χ1) is 10.6. The van der Waals surface area contributed by atoms with Crippen LogP contribution in [-0.2, 0) is 6.42 Å². The number of aliphatic hydroxyl groups is 1. The van der Waals surface area contributed by atoms with Gasteiger partial charge >= 0.3 is 0 Å². The average molecular weight is 320 g/mol. The van der Waals surface area contributed by atoms with E-state index in [9.17, 15) is 10.2 Å². The number of hydrogen-bond acceptors (Lipinski definition) is 3. The third kappa shape index (κ3) is 4.47. The van der Waals surface area contributed by atoms with Gasteiger partial charge in [-0.1, -0.05) is 61.0 Å². The smallest absolute Gasteiger partial charge is 0.134 e. The molecule has 0 fully saturated rings. The monoisotopic (exact) mass is 319 g/mol. The SMILES string of the molecule is CC[C@H](Cc1ccccc1)NC[C@H](O)c1cccc(O)c1Cl. The lowest BCUT2D eigenvalue weighted by Gasteiger charge is -2.20. The van der Waals surface area contributed by atoms with Gasteiger partial charge in [0.25, 0.3) is 0 Å². The topological polar surface area (TPSA) is 52.5 Å². The maximum Gasteiger partial charge on any atom is 0.134 e. The van der Waals surface area contributed by atoms with E-state index in [0.717, 1.165) is 12.8 Å². The zero-order valence-corrected chi connectivity index (χ0v) is 13.4. The average Bonchev–Trinajstić information content (AvgIpc) is 2.54. The van der Waals surface area contributed by atoms with Gasteiger partial charge in [-0.15, -0.1) is 0 Å². The summed E-state index contributed by atoms with van der Waals surface area (Å²) in [5, 5.41) is 23.5. The van der Waals surface area contributed by atoms with E-state index in [2.05, 4.69) is 24.4 Å². The molecule has 4 heteroatoms. The quantitative estimate of drug-likeness (QED) is 0.729. The molecule has 118 valence electrons. The van der Waals surface area contributed by atoms with Gasteiger partial charge in [0.05, 0.1) is 11.1 Å². The number of rotatable bonds is 7. The van der Waals surface area contributed by atoms with Crippen LogP contribution >= 0.6 is 11.6 Å². The molecule has 0 bridgehead atoms. The van der Waals surface area contributed by atoms with Crippen molar-refractivity contribution in [2.45, 2.75) is 31.9 Å². The Labute approximate surface area is 136 Å². The van der Waals surface area contributed by atoms with Crippen molar-refractivity contribution in [1.82, 2.24) is 5.32 Å². The third-order valence-electron chi connectivity index (χ3n) is 3.78. The number of aliphatic hydroxyl groups excluding tert-OH is 1. The minimum absolute atomic E-state index is 0.00505. The molecule has 0 amide bonds. The summed E-state index contributed by atoms with van der Waals surface area (Å²) in [5.74, 6) is -0.00505. The summed E-state index contributed by atoms with van der Waals surface area (Å²) in [6.45, 7) is 2.52. The van der Waals surface area contributed by atoms with Crippen molar-refractivity contribution in [2.24, 2.45) is 0 Å². The first-order valence-corrected chi connectivity index (χ1v) is 7.92. The minimum Gasteiger partial charge on any atom is -0.506 e. The van der Waals surface area contributed by atoms with Gasteiger partial charge < -0.3 is 15.5 Å². The van der Waals surface area contributed by atoms with E-state index >= 15 is 0 Å². The molecule has 0 aliphatic heterocycles. The summed E-state index contributed by atoms with van der Waals surface area (Å²) in [6, 6.07) is 15.5. The molecule has 0 spiro atoms. The number of phenols is 1. The molecule has 0 unspecified atom stereocenters. The van der Waals surface area contributed by atoms with Crippen molar-refractivity contribution in [3.05, 3.63) is 64.7 Å². The molecule has 22 heavy (non-hydrogen) atoms. The first kappa shape index (κ1) is 16.8. The molecule has 0 radical (unpaired) electrons. The zero-order valence-electron chi connectivity index (χ0n) is 12.7. The highest BCUT2D eigenvalue weighted by atomic mass is 35.5. The number of phenolic OH excluding ortho intramolecular Hbond substituents is 1. The highest BCUT2D eigenvalue weighted by molar-refractivity contribution is 6.32. The number of hydrogen-bond donors (Lipinski definition) is 3. The fourth-order valence-corrected chi connectivity index (χ4v) is 2.69. The van der Waals surface area contributed by atoms with E-state index in [1.54, 1.807) is 12.1 Å². The van der Waals surface area contributed by atoms with Gasteiger partial charge in [-0.05, 0) is 24.5 Å².